The lowest BCUT2D eigenvalue weighted by molar-refractivity contribution is 0.0107. The van der Waals surface area contributed by atoms with Gasteiger partial charge < -0.3 is 9.84 Å². The van der Waals surface area contributed by atoms with Gasteiger partial charge in [0.15, 0.2) is 0 Å². The maximum absolute atomic E-state index is 12.0. The predicted octanol–water partition coefficient (Wildman–Crippen LogP) is 6.85. The van der Waals surface area contributed by atoms with E-state index in [0.29, 0.717) is 5.56 Å². The number of aliphatic hydroxyl groups is 1. The van der Waals surface area contributed by atoms with Crippen LogP contribution in [0.1, 0.15) is 101 Å². The van der Waals surface area contributed by atoms with Crippen molar-refractivity contribution < 1.29 is 14.6 Å². The fraction of sp³-hybridized carbons (Fsp3) is 0.640. The average molecular weight is 389 g/mol. The van der Waals surface area contributed by atoms with E-state index < -0.39 is 6.10 Å². The van der Waals surface area contributed by atoms with E-state index in [1.165, 1.54) is 57.8 Å². The molecule has 0 amide bonds. The Kier molecular flexibility index (Phi) is 15.3. The first-order chi connectivity index (χ1) is 13.8. The third-order valence-electron chi connectivity index (χ3n) is 5.02. The number of carbonyl (C=O) groups is 1. The van der Waals surface area contributed by atoms with Crippen LogP contribution in [-0.4, -0.2) is 23.8 Å². The van der Waals surface area contributed by atoms with Crippen LogP contribution in [0.3, 0.4) is 0 Å². The van der Waals surface area contributed by atoms with Crippen LogP contribution in [0.4, 0.5) is 0 Å². The quantitative estimate of drug-likeness (QED) is 0.180. The Hall–Kier alpha value is -1.61. The normalized spacial score (nSPS) is 12.4. The fourth-order valence-corrected chi connectivity index (χ4v) is 3.25. The van der Waals surface area contributed by atoms with Crippen LogP contribution in [0.25, 0.3) is 0 Å². The van der Waals surface area contributed by atoms with Crippen LogP contribution in [0.15, 0.2) is 42.5 Å². The molecule has 1 N–H and O–H groups in total. The number of esters is 1. The molecular formula is C25H40O3. The van der Waals surface area contributed by atoms with Gasteiger partial charge in [-0.05, 0) is 50.7 Å². The van der Waals surface area contributed by atoms with Gasteiger partial charge in [-0.25, -0.2) is 4.79 Å². The Morgan fingerprint density at radius 1 is 0.893 bits per heavy atom. The summed E-state index contributed by atoms with van der Waals surface area (Å²) >= 11 is 0. The average Bonchev–Trinajstić information content (AvgIpc) is 2.73. The lowest BCUT2D eigenvalue weighted by Gasteiger charge is -2.15. The second-order valence-corrected chi connectivity index (χ2v) is 7.60. The molecule has 0 heterocycles. The molecule has 1 rings (SSSR count). The fourth-order valence-electron chi connectivity index (χ4n) is 3.25. The van der Waals surface area contributed by atoms with E-state index in [-0.39, 0.29) is 12.6 Å². The summed E-state index contributed by atoms with van der Waals surface area (Å²) in [6.45, 7) is 2.15. The molecule has 0 fully saturated rings. The summed E-state index contributed by atoms with van der Waals surface area (Å²) in [4.78, 5) is 12.0. The Labute approximate surface area is 172 Å². The van der Waals surface area contributed by atoms with Gasteiger partial charge in [0.05, 0.1) is 12.2 Å². The van der Waals surface area contributed by atoms with Crippen molar-refractivity contribution >= 4 is 5.97 Å². The van der Waals surface area contributed by atoms with Crippen LogP contribution < -0.4 is 0 Å². The van der Waals surface area contributed by atoms with Gasteiger partial charge in [-0.2, -0.15) is 0 Å². The van der Waals surface area contributed by atoms with Gasteiger partial charge in [-0.3, -0.25) is 0 Å². The zero-order valence-electron chi connectivity index (χ0n) is 17.8. The van der Waals surface area contributed by atoms with Crippen molar-refractivity contribution in [3.8, 4) is 0 Å². The van der Waals surface area contributed by atoms with Gasteiger partial charge >= 0.3 is 5.97 Å². The summed E-state index contributed by atoms with van der Waals surface area (Å²) in [7, 11) is 0. The Morgan fingerprint density at radius 3 is 2.07 bits per heavy atom. The molecule has 158 valence electrons. The van der Waals surface area contributed by atoms with Crippen LogP contribution in [0.2, 0.25) is 0 Å². The minimum Gasteiger partial charge on any atom is -0.456 e. The van der Waals surface area contributed by atoms with Gasteiger partial charge in [0.1, 0.15) is 6.10 Å². The molecule has 3 nitrogen and oxygen atoms in total. The van der Waals surface area contributed by atoms with Gasteiger partial charge in [0, 0.05) is 0 Å². The molecule has 1 atom stereocenters. The van der Waals surface area contributed by atoms with Crippen molar-refractivity contribution in [3.05, 3.63) is 48.0 Å². The number of ether oxygens (including phenoxy) is 1. The van der Waals surface area contributed by atoms with E-state index >= 15 is 0 Å². The van der Waals surface area contributed by atoms with Crippen molar-refractivity contribution in [1.29, 1.82) is 0 Å². The third-order valence-corrected chi connectivity index (χ3v) is 5.02. The molecule has 3 heteroatoms. The summed E-state index contributed by atoms with van der Waals surface area (Å²) in [6, 6.07) is 8.96. The number of aliphatic hydroxyl groups excluding tert-OH is 1. The SMILES string of the molecule is CCCCCCCC/C=C/CCCCCC[C@@H](CO)OC(=O)c1ccccc1. The first-order valence-electron chi connectivity index (χ1n) is 11.3. The molecule has 0 radical (unpaired) electrons. The van der Waals surface area contributed by atoms with Gasteiger partial charge in [0.25, 0.3) is 0 Å². The number of allylic oxidation sites excluding steroid dienone is 2. The maximum Gasteiger partial charge on any atom is 0.338 e. The number of benzene rings is 1. The Morgan fingerprint density at radius 2 is 1.46 bits per heavy atom. The third kappa shape index (κ3) is 12.7. The topological polar surface area (TPSA) is 46.5 Å². The number of unbranched alkanes of at least 4 members (excludes halogenated alkanes) is 10. The van der Waals surface area contributed by atoms with Gasteiger partial charge in [-0.15, -0.1) is 0 Å². The van der Waals surface area contributed by atoms with E-state index in [0.717, 1.165) is 25.7 Å². The number of rotatable bonds is 17. The van der Waals surface area contributed by atoms with E-state index in [1.54, 1.807) is 12.1 Å². The first kappa shape index (κ1) is 24.4. The summed E-state index contributed by atoms with van der Waals surface area (Å²) in [5, 5.41) is 9.44. The van der Waals surface area contributed by atoms with E-state index in [4.69, 9.17) is 4.74 Å². The smallest absolute Gasteiger partial charge is 0.338 e. The molecule has 0 unspecified atom stereocenters. The molecule has 0 spiro atoms. The first-order valence-corrected chi connectivity index (χ1v) is 11.3. The summed E-state index contributed by atoms with van der Waals surface area (Å²) in [5.74, 6) is -0.352. The molecule has 1 aromatic carbocycles. The zero-order valence-corrected chi connectivity index (χ0v) is 17.8. The lowest BCUT2D eigenvalue weighted by Crippen LogP contribution is -2.22. The maximum atomic E-state index is 12.0. The standard InChI is InChI=1S/C25H40O3/c1-2-3-4-5-6-7-8-9-10-11-12-13-14-18-21-24(22-26)28-25(27)23-19-16-15-17-20-23/h9-10,15-17,19-20,24,26H,2-8,11-14,18,21-22H2,1H3/b10-9+/t24-/m0/s1. The Bertz CT molecular complexity index is 510. The highest BCUT2D eigenvalue weighted by Crippen LogP contribution is 2.12. The minimum atomic E-state index is -0.398. The predicted molar refractivity (Wildman–Crippen MR) is 118 cm³/mol. The van der Waals surface area contributed by atoms with Crippen LogP contribution in [-0.2, 0) is 4.74 Å². The summed E-state index contributed by atoms with van der Waals surface area (Å²) < 4.78 is 5.40. The number of carbonyl (C=O) groups excluding carboxylic acids is 1. The molecule has 0 saturated carbocycles. The van der Waals surface area contributed by atoms with E-state index in [1.807, 2.05) is 18.2 Å². The second kappa shape index (κ2) is 17.5. The molecule has 0 aliphatic heterocycles. The molecule has 0 aliphatic rings. The van der Waals surface area contributed by atoms with Crippen LogP contribution in [0.5, 0.6) is 0 Å². The van der Waals surface area contributed by atoms with Crippen molar-refractivity contribution in [2.24, 2.45) is 0 Å². The molecule has 0 bridgehead atoms. The molecular weight excluding hydrogens is 348 g/mol. The van der Waals surface area contributed by atoms with Gasteiger partial charge in [-0.1, -0.05) is 82.2 Å². The highest BCUT2D eigenvalue weighted by molar-refractivity contribution is 5.89. The molecule has 0 aromatic heterocycles. The minimum absolute atomic E-state index is 0.111. The van der Waals surface area contributed by atoms with Crippen LogP contribution >= 0.6 is 0 Å². The van der Waals surface area contributed by atoms with Crippen molar-refractivity contribution in [3.63, 3.8) is 0 Å². The Balaban J connectivity index is 1.98. The lowest BCUT2D eigenvalue weighted by atomic mass is 10.1. The van der Waals surface area contributed by atoms with Crippen LogP contribution in [0, 0.1) is 0 Å². The summed E-state index contributed by atoms with van der Waals surface area (Å²) in [5.41, 5.74) is 0.536. The highest BCUT2D eigenvalue weighted by Gasteiger charge is 2.14. The van der Waals surface area contributed by atoms with Gasteiger partial charge in [0.2, 0.25) is 0 Å². The molecule has 28 heavy (non-hydrogen) atoms. The molecule has 1 aromatic rings. The largest absolute Gasteiger partial charge is 0.456 e. The van der Waals surface area contributed by atoms with Crippen molar-refractivity contribution in [1.82, 2.24) is 0 Å². The molecule has 0 aliphatic carbocycles. The summed E-state index contributed by atoms with van der Waals surface area (Å²) in [6.07, 6.45) is 20.0. The number of hydrogen-bond acceptors (Lipinski definition) is 3. The van der Waals surface area contributed by atoms with E-state index in [9.17, 15) is 9.90 Å². The zero-order chi connectivity index (χ0) is 20.3. The van der Waals surface area contributed by atoms with Crippen molar-refractivity contribution in [2.45, 2.75) is 96.5 Å². The second-order valence-electron chi connectivity index (χ2n) is 7.60. The highest BCUT2D eigenvalue weighted by atomic mass is 16.6. The number of hydrogen-bond donors (Lipinski definition) is 1. The monoisotopic (exact) mass is 388 g/mol. The molecule has 0 saturated heterocycles. The van der Waals surface area contributed by atoms with E-state index in [2.05, 4.69) is 19.1 Å². The van der Waals surface area contributed by atoms with Crippen molar-refractivity contribution in [2.75, 3.05) is 6.61 Å².